The number of ketones is 1. The number of sulfonamides is 1. The van der Waals surface area contributed by atoms with Crippen molar-refractivity contribution in [2.75, 3.05) is 7.05 Å². The summed E-state index contributed by atoms with van der Waals surface area (Å²) in [6.07, 6.45) is 0. The molecule has 0 radical (unpaired) electrons. The fourth-order valence-electron chi connectivity index (χ4n) is 1.47. The van der Waals surface area contributed by atoms with Gasteiger partial charge in [-0.05, 0) is 32.9 Å². The highest BCUT2D eigenvalue weighted by Crippen LogP contribution is 2.23. The van der Waals surface area contributed by atoms with Crippen LogP contribution in [0.2, 0.25) is 0 Å². The van der Waals surface area contributed by atoms with Gasteiger partial charge in [0.15, 0.2) is 5.78 Å². The van der Waals surface area contributed by atoms with Gasteiger partial charge in [-0.1, -0.05) is 12.1 Å². The largest absolute Gasteiger partial charge is 0.480 e. The summed E-state index contributed by atoms with van der Waals surface area (Å²) in [5.74, 6) is -1.52. The molecule has 7 heteroatoms. The van der Waals surface area contributed by atoms with E-state index >= 15 is 0 Å². The molecule has 0 unspecified atom stereocenters. The zero-order valence-corrected chi connectivity index (χ0v) is 12.6. The monoisotopic (exact) mass is 299 g/mol. The summed E-state index contributed by atoms with van der Waals surface area (Å²) in [7, 11) is -2.80. The lowest BCUT2D eigenvalue weighted by molar-refractivity contribution is -0.145. The number of hydrogen-bond donors (Lipinski definition) is 1. The highest BCUT2D eigenvalue weighted by molar-refractivity contribution is 7.89. The molecule has 110 valence electrons. The molecule has 0 saturated heterocycles. The van der Waals surface area contributed by atoms with Crippen LogP contribution in [0.5, 0.6) is 0 Å². The lowest BCUT2D eigenvalue weighted by atomic mass is 10.1. The number of hydrogen-bond acceptors (Lipinski definition) is 4. The van der Waals surface area contributed by atoms with Crippen LogP contribution in [0.3, 0.4) is 0 Å². The molecule has 0 aliphatic rings. The summed E-state index contributed by atoms with van der Waals surface area (Å²) >= 11 is 0. The Kier molecular flexibility index (Phi) is 4.36. The summed E-state index contributed by atoms with van der Waals surface area (Å²) in [6.45, 7) is 3.92. The van der Waals surface area contributed by atoms with Gasteiger partial charge < -0.3 is 5.11 Å². The minimum absolute atomic E-state index is 0.109. The number of rotatable bonds is 5. The number of nitrogens with zero attached hydrogens (tertiary/aromatic N) is 1. The van der Waals surface area contributed by atoms with Crippen LogP contribution in [-0.4, -0.2) is 42.2 Å². The van der Waals surface area contributed by atoms with Crippen molar-refractivity contribution in [2.45, 2.75) is 31.2 Å². The van der Waals surface area contributed by atoms with E-state index in [0.717, 1.165) is 4.31 Å². The van der Waals surface area contributed by atoms with Gasteiger partial charge in [-0.3, -0.25) is 9.59 Å². The van der Waals surface area contributed by atoms with Crippen LogP contribution in [0.4, 0.5) is 0 Å². The van der Waals surface area contributed by atoms with Crippen molar-refractivity contribution in [3.05, 3.63) is 29.8 Å². The van der Waals surface area contributed by atoms with E-state index in [-0.39, 0.29) is 16.2 Å². The third-order valence-electron chi connectivity index (χ3n) is 3.21. The smallest absolute Gasteiger partial charge is 0.324 e. The molecule has 1 rings (SSSR count). The van der Waals surface area contributed by atoms with Gasteiger partial charge in [0.2, 0.25) is 10.0 Å². The summed E-state index contributed by atoms with van der Waals surface area (Å²) < 4.78 is 25.6. The van der Waals surface area contributed by atoms with Crippen LogP contribution in [0.25, 0.3) is 0 Å². The van der Waals surface area contributed by atoms with E-state index < -0.39 is 21.5 Å². The number of carboxylic acids is 1. The highest BCUT2D eigenvalue weighted by atomic mass is 32.2. The molecule has 1 N–H and O–H groups in total. The second kappa shape index (κ2) is 5.34. The lowest BCUT2D eigenvalue weighted by Gasteiger charge is -2.30. The van der Waals surface area contributed by atoms with Crippen molar-refractivity contribution in [3.8, 4) is 0 Å². The molecular weight excluding hydrogens is 282 g/mol. The van der Waals surface area contributed by atoms with Gasteiger partial charge in [-0.15, -0.1) is 0 Å². The van der Waals surface area contributed by atoms with Gasteiger partial charge >= 0.3 is 5.97 Å². The van der Waals surface area contributed by atoms with Crippen molar-refractivity contribution in [3.63, 3.8) is 0 Å². The van der Waals surface area contributed by atoms with E-state index in [1.54, 1.807) is 0 Å². The molecule has 0 spiro atoms. The predicted molar refractivity (Wildman–Crippen MR) is 73.1 cm³/mol. The molecular formula is C13H17NO5S. The van der Waals surface area contributed by atoms with Crippen LogP contribution in [0, 0.1) is 0 Å². The Hall–Kier alpha value is -1.73. The standard InChI is InChI=1S/C13H17NO5S/c1-9(15)10-6-5-7-11(8-10)20(18,19)14(4)13(2,3)12(16)17/h5-8H,1-4H3,(H,16,17). The first-order valence-corrected chi connectivity index (χ1v) is 7.28. The predicted octanol–water partition coefficient (Wildman–Crippen LogP) is 1.37. The van der Waals surface area contributed by atoms with Gasteiger partial charge in [0.05, 0.1) is 4.90 Å². The molecule has 0 aromatic heterocycles. The van der Waals surface area contributed by atoms with E-state index in [1.165, 1.54) is 52.1 Å². The minimum atomic E-state index is -4.00. The Labute approximate surface area is 118 Å². The summed E-state index contributed by atoms with van der Waals surface area (Å²) in [6, 6.07) is 5.53. The maximum Gasteiger partial charge on any atom is 0.324 e. The third-order valence-corrected chi connectivity index (χ3v) is 5.24. The first-order chi connectivity index (χ1) is 9.01. The molecule has 0 fully saturated rings. The Bertz CT molecular complexity index is 648. The van der Waals surface area contributed by atoms with Gasteiger partial charge in [-0.25, -0.2) is 8.42 Å². The Morgan fingerprint density at radius 1 is 1.25 bits per heavy atom. The molecule has 20 heavy (non-hydrogen) atoms. The number of carboxylic acid groups (broad SMARTS) is 1. The number of aliphatic carboxylic acids is 1. The molecule has 0 atom stereocenters. The van der Waals surface area contributed by atoms with E-state index in [1.807, 2.05) is 0 Å². The van der Waals surface area contributed by atoms with Crippen molar-refractivity contribution < 1.29 is 23.1 Å². The molecule has 0 amide bonds. The number of benzene rings is 1. The van der Waals surface area contributed by atoms with E-state index in [0.29, 0.717) is 0 Å². The Morgan fingerprint density at radius 2 is 1.80 bits per heavy atom. The maximum atomic E-state index is 12.4. The molecule has 1 aromatic rings. The number of Topliss-reactive ketones (excluding diaryl/α,β-unsaturated/α-hetero) is 1. The average molecular weight is 299 g/mol. The van der Waals surface area contributed by atoms with Crippen LogP contribution >= 0.6 is 0 Å². The van der Waals surface area contributed by atoms with Crippen molar-refractivity contribution in [1.29, 1.82) is 0 Å². The van der Waals surface area contributed by atoms with Crippen LogP contribution in [0.1, 0.15) is 31.1 Å². The fraction of sp³-hybridized carbons (Fsp3) is 0.385. The van der Waals surface area contributed by atoms with E-state index in [2.05, 4.69) is 0 Å². The van der Waals surface area contributed by atoms with Crippen molar-refractivity contribution in [2.24, 2.45) is 0 Å². The number of carbonyl (C=O) groups excluding carboxylic acids is 1. The van der Waals surface area contributed by atoms with Crippen molar-refractivity contribution in [1.82, 2.24) is 4.31 Å². The summed E-state index contributed by atoms with van der Waals surface area (Å²) in [4.78, 5) is 22.3. The normalized spacial score (nSPS) is 12.4. The van der Waals surface area contributed by atoms with Crippen LogP contribution in [0.15, 0.2) is 29.2 Å². The quantitative estimate of drug-likeness (QED) is 0.829. The van der Waals surface area contributed by atoms with Gasteiger partial charge in [0, 0.05) is 12.6 Å². The third kappa shape index (κ3) is 2.88. The second-order valence-corrected chi connectivity index (χ2v) is 6.89. The second-order valence-electron chi connectivity index (χ2n) is 4.92. The molecule has 1 aromatic carbocycles. The molecule has 6 nitrogen and oxygen atoms in total. The Morgan fingerprint density at radius 3 is 2.25 bits per heavy atom. The number of carbonyl (C=O) groups is 2. The maximum absolute atomic E-state index is 12.4. The van der Waals surface area contributed by atoms with Crippen LogP contribution in [-0.2, 0) is 14.8 Å². The number of likely N-dealkylation sites (N-methyl/N-ethyl adjacent to an activating group) is 1. The first-order valence-electron chi connectivity index (χ1n) is 5.84. The highest BCUT2D eigenvalue weighted by Gasteiger charge is 2.40. The Balaban J connectivity index is 3.34. The molecule has 0 saturated carbocycles. The average Bonchev–Trinajstić information content (AvgIpc) is 2.37. The first kappa shape index (κ1) is 16.3. The molecule has 0 bridgehead atoms. The topological polar surface area (TPSA) is 91.8 Å². The van der Waals surface area contributed by atoms with Gasteiger partial charge in [-0.2, -0.15) is 4.31 Å². The summed E-state index contributed by atoms with van der Waals surface area (Å²) in [5.41, 5.74) is -1.34. The summed E-state index contributed by atoms with van der Waals surface area (Å²) in [5, 5.41) is 9.10. The molecule has 0 heterocycles. The van der Waals surface area contributed by atoms with E-state index in [4.69, 9.17) is 5.11 Å². The fourth-order valence-corrected chi connectivity index (χ4v) is 2.99. The lowest BCUT2D eigenvalue weighted by Crippen LogP contribution is -2.50. The molecule has 0 aliphatic heterocycles. The zero-order valence-electron chi connectivity index (χ0n) is 11.7. The minimum Gasteiger partial charge on any atom is -0.480 e. The van der Waals surface area contributed by atoms with Crippen LogP contribution < -0.4 is 0 Å². The van der Waals surface area contributed by atoms with E-state index in [9.17, 15) is 18.0 Å². The molecule has 0 aliphatic carbocycles. The van der Waals surface area contributed by atoms with Gasteiger partial charge in [0.1, 0.15) is 5.54 Å². The van der Waals surface area contributed by atoms with Crippen molar-refractivity contribution >= 4 is 21.8 Å². The SMILES string of the molecule is CC(=O)c1cccc(S(=O)(=O)N(C)C(C)(C)C(=O)O)c1. The zero-order chi connectivity index (χ0) is 15.7. The van der Waals surface area contributed by atoms with Gasteiger partial charge in [0.25, 0.3) is 0 Å².